The fraction of sp³-hybridized carbons (Fsp3) is 0.238. The van der Waals surface area contributed by atoms with Crippen LogP contribution in [0.3, 0.4) is 0 Å². The van der Waals surface area contributed by atoms with Crippen LogP contribution in [0.5, 0.6) is 5.75 Å². The van der Waals surface area contributed by atoms with Gasteiger partial charge in [-0.05, 0) is 28.1 Å². The van der Waals surface area contributed by atoms with Gasteiger partial charge in [0.2, 0.25) is 0 Å². The van der Waals surface area contributed by atoms with Crippen LogP contribution in [0.1, 0.15) is 20.7 Å². The lowest BCUT2D eigenvalue weighted by molar-refractivity contribution is -0.127. The second-order valence-corrected chi connectivity index (χ2v) is 7.60. The fourth-order valence-corrected chi connectivity index (χ4v) is 3.97. The van der Waals surface area contributed by atoms with E-state index in [-0.39, 0.29) is 11.5 Å². The Labute approximate surface area is 180 Å². The number of fused-ring (bicyclic) bond motifs is 1. The number of Topliss-reactive ketones (excluding diaryl/α,β-unsaturated/α-hetero) is 1. The van der Waals surface area contributed by atoms with Crippen molar-refractivity contribution in [2.24, 2.45) is 0 Å². The molecule has 0 bridgehead atoms. The number of hydrogen-bond donors (Lipinski definition) is 1. The Morgan fingerprint density at radius 2 is 1.73 bits per heavy atom. The Balaban J connectivity index is 1.49. The SMILES string of the molecule is COc1cnc(Br)c2[nH]cc(C(=O)C(=O)N3CCN(C(=O)c4ccccc4)CC3)c12. The van der Waals surface area contributed by atoms with Gasteiger partial charge in [-0.1, -0.05) is 18.2 Å². The number of amides is 2. The lowest BCUT2D eigenvalue weighted by atomic mass is 10.1. The van der Waals surface area contributed by atoms with Gasteiger partial charge >= 0.3 is 0 Å². The minimum absolute atomic E-state index is 0.0762. The van der Waals surface area contributed by atoms with Crippen LogP contribution in [0.2, 0.25) is 0 Å². The number of benzene rings is 1. The van der Waals surface area contributed by atoms with Crippen molar-refractivity contribution in [1.29, 1.82) is 0 Å². The smallest absolute Gasteiger partial charge is 0.295 e. The number of halogens is 1. The fourth-order valence-electron chi connectivity index (χ4n) is 3.55. The number of rotatable bonds is 4. The van der Waals surface area contributed by atoms with E-state index in [4.69, 9.17) is 4.74 Å². The van der Waals surface area contributed by atoms with Gasteiger partial charge in [-0.3, -0.25) is 14.4 Å². The normalized spacial score (nSPS) is 14.1. The van der Waals surface area contributed by atoms with Crippen molar-refractivity contribution in [2.45, 2.75) is 0 Å². The minimum atomic E-state index is -0.625. The monoisotopic (exact) mass is 470 g/mol. The molecule has 154 valence electrons. The van der Waals surface area contributed by atoms with Crippen LogP contribution in [-0.2, 0) is 4.79 Å². The Bertz CT molecular complexity index is 1120. The van der Waals surface area contributed by atoms with Crippen LogP contribution < -0.4 is 4.74 Å². The standard InChI is InChI=1S/C21H19BrN4O4/c1-30-15-12-24-19(22)17-16(15)14(11-23-17)18(27)21(29)26-9-7-25(8-10-26)20(28)13-5-3-2-4-6-13/h2-6,11-12,23H,7-10H2,1H3. The van der Waals surface area contributed by atoms with Crippen molar-refractivity contribution >= 4 is 44.4 Å². The van der Waals surface area contributed by atoms with E-state index in [0.717, 1.165) is 0 Å². The van der Waals surface area contributed by atoms with E-state index in [0.29, 0.717) is 53.0 Å². The number of nitrogens with one attached hydrogen (secondary N) is 1. The third-order valence-corrected chi connectivity index (χ3v) is 5.76. The second-order valence-electron chi connectivity index (χ2n) is 6.85. The summed E-state index contributed by atoms with van der Waals surface area (Å²) in [6.07, 6.45) is 2.99. The molecule has 4 rings (SSSR count). The van der Waals surface area contributed by atoms with Crippen LogP contribution >= 0.6 is 15.9 Å². The first-order chi connectivity index (χ1) is 14.5. The average Bonchev–Trinajstić information content (AvgIpc) is 3.25. The van der Waals surface area contributed by atoms with Crippen molar-refractivity contribution in [1.82, 2.24) is 19.8 Å². The number of nitrogens with zero attached hydrogens (tertiary/aromatic N) is 3. The number of aromatic amines is 1. The van der Waals surface area contributed by atoms with Gasteiger partial charge in [0.15, 0.2) is 0 Å². The Morgan fingerprint density at radius 1 is 1.07 bits per heavy atom. The highest BCUT2D eigenvalue weighted by molar-refractivity contribution is 9.10. The molecule has 1 fully saturated rings. The van der Waals surface area contributed by atoms with Crippen LogP contribution in [0.15, 0.2) is 47.3 Å². The summed E-state index contributed by atoms with van der Waals surface area (Å²) in [7, 11) is 1.48. The quantitative estimate of drug-likeness (QED) is 0.359. The number of aromatic nitrogens is 2. The minimum Gasteiger partial charge on any atom is -0.494 e. The average molecular weight is 471 g/mol. The van der Waals surface area contributed by atoms with Gasteiger partial charge in [0.1, 0.15) is 10.4 Å². The molecular weight excluding hydrogens is 452 g/mol. The molecule has 2 amide bonds. The van der Waals surface area contributed by atoms with E-state index in [1.165, 1.54) is 24.4 Å². The molecular formula is C21H19BrN4O4. The molecule has 30 heavy (non-hydrogen) atoms. The number of pyridine rings is 1. The van der Waals surface area contributed by atoms with Gasteiger partial charge in [-0.2, -0.15) is 0 Å². The number of H-pyrrole nitrogens is 1. The van der Waals surface area contributed by atoms with E-state index in [2.05, 4.69) is 25.9 Å². The van der Waals surface area contributed by atoms with E-state index < -0.39 is 11.7 Å². The number of carbonyl (C=O) groups is 3. The zero-order valence-corrected chi connectivity index (χ0v) is 17.8. The summed E-state index contributed by atoms with van der Waals surface area (Å²) in [5.41, 5.74) is 1.43. The number of carbonyl (C=O) groups excluding carboxylic acids is 3. The molecule has 0 unspecified atom stereocenters. The maximum atomic E-state index is 13.0. The van der Waals surface area contributed by atoms with Crippen LogP contribution in [0, 0.1) is 0 Å². The lowest BCUT2D eigenvalue weighted by Gasteiger charge is -2.34. The first kappa shape index (κ1) is 20.1. The maximum absolute atomic E-state index is 13.0. The number of hydrogen-bond acceptors (Lipinski definition) is 5. The van der Waals surface area contributed by atoms with Crippen LogP contribution in [-0.4, -0.2) is 70.7 Å². The van der Waals surface area contributed by atoms with Gasteiger partial charge in [0.25, 0.3) is 17.6 Å². The Hall–Kier alpha value is -3.20. The molecule has 0 aliphatic carbocycles. The molecule has 3 aromatic rings. The van der Waals surface area contributed by atoms with Crippen molar-refractivity contribution in [3.63, 3.8) is 0 Å². The molecule has 0 saturated carbocycles. The van der Waals surface area contributed by atoms with Gasteiger partial charge in [-0.15, -0.1) is 0 Å². The maximum Gasteiger partial charge on any atom is 0.295 e. The Kier molecular flexibility index (Phi) is 5.54. The largest absolute Gasteiger partial charge is 0.494 e. The molecule has 0 atom stereocenters. The summed E-state index contributed by atoms with van der Waals surface area (Å²) in [5, 5.41) is 0.510. The Morgan fingerprint density at radius 3 is 2.40 bits per heavy atom. The summed E-state index contributed by atoms with van der Waals surface area (Å²) in [4.78, 5) is 48.7. The lowest BCUT2D eigenvalue weighted by Crippen LogP contribution is -2.52. The first-order valence-corrected chi connectivity index (χ1v) is 10.2. The molecule has 0 spiro atoms. The molecule has 2 aromatic heterocycles. The second kappa shape index (κ2) is 8.27. The topological polar surface area (TPSA) is 95.6 Å². The zero-order valence-electron chi connectivity index (χ0n) is 16.2. The van der Waals surface area contributed by atoms with Crippen molar-refractivity contribution in [3.05, 3.63) is 58.5 Å². The molecule has 9 heteroatoms. The molecule has 8 nitrogen and oxygen atoms in total. The third kappa shape index (κ3) is 3.56. The zero-order chi connectivity index (χ0) is 21.3. The molecule has 1 saturated heterocycles. The van der Waals surface area contributed by atoms with Gasteiger partial charge in [-0.25, -0.2) is 4.98 Å². The van der Waals surface area contributed by atoms with Crippen molar-refractivity contribution in [3.8, 4) is 5.75 Å². The predicted molar refractivity (Wildman–Crippen MR) is 114 cm³/mol. The van der Waals surface area contributed by atoms with Crippen molar-refractivity contribution < 1.29 is 19.1 Å². The highest BCUT2D eigenvalue weighted by Crippen LogP contribution is 2.32. The van der Waals surface area contributed by atoms with E-state index >= 15 is 0 Å². The molecule has 0 radical (unpaired) electrons. The van der Waals surface area contributed by atoms with Gasteiger partial charge in [0.05, 0.1) is 29.8 Å². The number of methoxy groups -OCH3 is 1. The van der Waals surface area contributed by atoms with E-state index in [9.17, 15) is 14.4 Å². The number of ether oxygens (including phenoxy) is 1. The van der Waals surface area contributed by atoms with Crippen LogP contribution in [0.4, 0.5) is 0 Å². The van der Waals surface area contributed by atoms with E-state index in [1.807, 2.05) is 18.2 Å². The first-order valence-electron chi connectivity index (χ1n) is 9.38. The summed E-state index contributed by atoms with van der Waals surface area (Å²) in [6.45, 7) is 1.35. The predicted octanol–water partition coefficient (Wildman–Crippen LogP) is 2.50. The molecule has 1 aromatic carbocycles. The molecule has 1 N–H and O–H groups in total. The third-order valence-electron chi connectivity index (χ3n) is 5.16. The van der Waals surface area contributed by atoms with Gasteiger partial charge < -0.3 is 19.5 Å². The highest BCUT2D eigenvalue weighted by Gasteiger charge is 2.31. The summed E-state index contributed by atoms with van der Waals surface area (Å²) >= 11 is 3.33. The van der Waals surface area contributed by atoms with Crippen molar-refractivity contribution in [2.75, 3.05) is 33.3 Å². The van der Waals surface area contributed by atoms with E-state index in [1.54, 1.807) is 17.0 Å². The summed E-state index contributed by atoms with van der Waals surface area (Å²) in [6, 6.07) is 9.01. The summed E-state index contributed by atoms with van der Waals surface area (Å²) < 4.78 is 5.84. The summed E-state index contributed by atoms with van der Waals surface area (Å²) in [5.74, 6) is -0.894. The molecule has 1 aliphatic heterocycles. The number of piperazine rings is 1. The van der Waals surface area contributed by atoms with Crippen LogP contribution in [0.25, 0.3) is 10.9 Å². The van der Waals surface area contributed by atoms with Gasteiger partial charge in [0, 0.05) is 37.9 Å². The molecule has 1 aliphatic rings. The number of ketones is 1. The highest BCUT2D eigenvalue weighted by atomic mass is 79.9. The molecule has 3 heterocycles.